The van der Waals surface area contributed by atoms with Gasteiger partial charge < -0.3 is 10.1 Å². The van der Waals surface area contributed by atoms with Gasteiger partial charge in [0.1, 0.15) is 5.54 Å². The van der Waals surface area contributed by atoms with Crippen LogP contribution in [0, 0.1) is 17.2 Å². The van der Waals surface area contributed by atoms with Crippen molar-refractivity contribution in [1.82, 2.24) is 5.32 Å². The maximum absolute atomic E-state index is 12.8. The van der Waals surface area contributed by atoms with Crippen molar-refractivity contribution in [2.24, 2.45) is 5.92 Å². The molecule has 0 aliphatic heterocycles. The number of esters is 1. The fraction of sp³-hybridized carbons (Fsp3) is 0.550. The number of nitrogens with one attached hydrogen (secondary N) is 1. The monoisotopic (exact) mass is 376 g/mol. The third kappa shape index (κ3) is 4.19. The number of amides is 1. The first-order valence-corrected chi connectivity index (χ1v) is 9.27. The molecule has 0 radical (unpaired) electrons. The lowest BCUT2D eigenvalue weighted by atomic mass is 9.79. The summed E-state index contributed by atoms with van der Waals surface area (Å²) in [7, 11) is 0. The van der Waals surface area contributed by atoms with Crippen LogP contribution in [0.1, 0.15) is 52.0 Å². The zero-order valence-electron chi connectivity index (χ0n) is 15.5. The Labute approximate surface area is 159 Å². The van der Waals surface area contributed by atoms with Gasteiger partial charge in [-0.2, -0.15) is 5.26 Å². The minimum Gasteiger partial charge on any atom is -0.455 e. The fourth-order valence-electron chi connectivity index (χ4n) is 3.25. The number of rotatable bonds is 6. The van der Waals surface area contributed by atoms with E-state index in [-0.39, 0.29) is 5.92 Å². The van der Waals surface area contributed by atoms with Gasteiger partial charge in [-0.3, -0.25) is 9.59 Å². The molecule has 1 aliphatic carbocycles. The smallest absolute Gasteiger partial charge is 0.317 e. The fourth-order valence-corrected chi connectivity index (χ4v) is 3.38. The molecule has 26 heavy (non-hydrogen) atoms. The van der Waals surface area contributed by atoms with E-state index in [0.29, 0.717) is 17.9 Å². The molecule has 1 atom stereocenters. The summed E-state index contributed by atoms with van der Waals surface area (Å²) in [6.45, 7) is 4.97. The normalized spacial score (nSPS) is 18.0. The van der Waals surface area contributed by atoms with Crippen LogP contribution in [0.4, 0.5) is 0 Å². The quantitative estimate of drug-likeness (QED) is 0.767. The van der Waals surface area contributed by atoms with Crippen LogP contribution in [0.2, 0.25) is 5.02 Å². The van der Waals surface area contributed by atoms with Crippen molar-refractivity contribution in [2.75, 3.05) is 6.61 Å². The maximum atomic E-state index is 12.8. The molecule has 0 spiro atoms. The molecule has 1 amide bonds. The Morgan fingerprint density at radius 2 is 1.88 bits per heavy atom. The molecule has 0 heterocycles. The van der Waals surface area contributed by atoms with Crippen LogP contribution in [0.15, 0.2) is 24.3 Å². The van der Waals surface area contributed by atoms with E-state index in [1.807, 2.05) is 26.0 Å². The zero-order valence-corrected chi connectivity index (χ0v) is 16.2. The second-order valence-corrected chi connectivity index (χ2v) is 7.83. The second-order valence-electron chi connectivity index (χ2n) is 7.39. The lowest BCUT2D eigenvalue weighted by Crippen LogP contribution is -2.50. The third-order valence-corrected chi connectivity index (χ3v) is 5.62. The predicted molar refractivity (Wildman–Crippen MR) is 99.6 cm³/mol. The number of nitriles is 1. The van der Waals surface area contributed by atoms with Gasteiger partial charge in [-0.05, 0) is 43.4 Å². The number of hydrogen-bond donors (Lipinski definition) is 1. The van der Waals surface area contributed by atoms with Crippen molar-refractivity contribution < 1.29 is 14.3 Å². The van der Waals surface area contributed by atoms with Crippen LogP contribution in [0.3, 0.4) is 0 Å². The minimum atomic E-state index is -0.995. The third-order valence-electron chi connectivity index (χ3n) is 5.37. The molecule has 1 N–H and O–H groups in total. The molecule has 140 valence electrons. The summed E-state index contributed by atoms with van der Waals surface area (Å²) in [5, 5.41) is 12.5. The first-order chi connectivity index (χ1) is 12.2. The first kappa shape index (κ1) is 20.3. The molecule has 5 nitrogen and oxygen atoms in total. The topological polar surface area (TPSA) is 79.2 Å². The maximum Gasteiger partial charge on any atom is 0.317 e. The largest absolute Gasteiger partial charge is 0.455 e. The lowest BCUT2D eigenvalue weighted by Gasteiger charge is -2.29. The Balaban J connectivity index is 2.06. The van der Waals surface area contributed by atoms with Crippen LogP contribution in [-0.2, 0) is 19.7 Å². The van der Waals surface area contributed by atoms with Crippen LogP contribution in [0.5, 0.6) is 0 Å². The van der Waals surface area contributed by atoms with E-state index in [9.17, 15) is 14.9 Å². The number of halogens is 1. The van der Waals surface area contributed by atoms with Crippen LogP contribution in [-0.4, -0.2) is 24.0 Å². The number of carbonyl (C=O) groups excluding carboxylic acids is 2. The summed E-state index contributed by atoms with van der Waals surface area (Å²) in [4.78, 5) is 25.0. The van der Waals surface area contributed by atoms with E-state index < -0.39 is 29.4 Å². The molecule has 1 aliphatic rings. The number of hydrogen-bond acceptors (Lipinski definition) is 4. The zero-order chi connectivity index (χ0) is 19.4. The molecule has 0 saturated heterocycles. The van der Waals surface area contributed by atoms with E-state index in [1.165, 1.54) is 0 Å². The van der Waals surface area contributed by atoms with Crippen LogP contribution >= 0.6 is 11.6 Å². The average Bonchev–Trinajstić information content (AvgIpc) is 3.11. The predicted octanol–water partition coefficient (Wildman–Crippen LogP) is 3.75. The summed E-state index contributed by atoms with van der Waals surface area (Å²) in [5.41, 5.74) is -0.847. The summed E-state index contributed by atoms with van der Waals surface area (Å²) >= 11 is 5.95. The summed E-state index contributed by atoms with van der Waals surface area (Å²) in [6, 6.07) is 9.32. The Hall–Kier alpha value is -2.06. The number of benzene rings is 1. The number of carbonyl (C=O) groups is 2. The van der Waals surface area contributed by atoms with Gasteiger partial charge in [-0.1, -0.05) is 50.4 Å². The SMILES string of the molecule is CC(C)[C@@](C)(C#N)NC(=O)COC(=O)C1(c2ccc(Cl)cc2)CCCC1. The Morgan fingerprint density at radius 3 is 2.38 bits per heavy atom. The highest BCUT2D eigenvalue weighted by Gasteiger charge is 2.44. The lowest BCUT2D eigenvalue weighted by molar-refractivity contribution is -0.154. The van der Waals surface area contributed by atoms with Gasteiger partial charge in [-0.25, -0.2) is 0 Å². The minimum absolute atomic E-state index is 0.0672. The van der Waals surface area contributed by atoms with Crippen molar-refractivity contribution in [2.45, 2.75) is 57.4 Å². The highest BCUT2D eigenvalue weighted by atomic mass is 35.5. The standard InChI is InChI=1S/C20H25ClN2O3/c1-14(2)19(3,13-22)23-17(24)12-26-18(25)20(10-4-5-11-20)15-6-8-16(21)9-7-15/h6-9,14H,4-5,10-12H2,1-3H3,(H,23,24)/t19-/m1/s1. The van der Waals surface area contributed by atoms with Gasteiger partial charge >= 0.3 is 5.97 Å². The van der Waals surface area contributed by atoms with E-state index >= 15 is 0 Å². The van der Waals surface area contributed by atoms with Crippen molar-refractivity contribution >= 4 is 23.5 Å². The molecule has 1 fully saturated rings. The van der Waals surface area contributed by atoms with E-state index in [2.05, 4.69) is 11.4 Å². The van der Waals surface area contributed by atoms with Gasteiger partial charge in [0, 0.05) is 5.02 Å². The molecular weight excluding hydrogens is 352 g/mol. The van der Waals surface area contributed by atoms with Crippen LogP contribution < -0.4 is 5.32 Å². The highest BCUT2D eigenvalue weighted by Crippen LogP contribution is 2.42. The molecule has 0 unspecified atom stereocenters. The highest BCUT2D eigenvalue weighted by molar-refractivity contribution is 6.30. The molecule has 0 aromatic heterocycles. The molecular formula is C20H25ClN2O3. The van der Waals surface area contributed by atoms with E-state index in [4.69, 9.17) is 16.3 Å². The molecule has 0 bridgehead atoms. The van der Waals surface area contributed by atoms with Crippen molar-refractivity contribution in [1.29, 1.82) is 5.26 Å². The van der Waals surface area contributed by atoms with E-state index in [0.717, 1.165) is 18.4 Å². The van der Waals surface area contributed by atoms with Gasteiger partial charge in [0.2, 0.25) is 0 Å². The second kappa shape index (κ2) is 8.09. The summed E-state index contributed by atoms with van der Waals surface area (Å²) in [6.07, 6.45) is 3.25. The van der Waals surface area contributed by atoms with Crippen molar-refractivity contribution in [3.8, 4) is 6.07 Å². The van der Waals surface area contributed by atoms with Crippen LogP contribution in [0.25, 0.3) is 0 Å². The molecule has 2 rings (SSSR count). The molecule has 1 aromatic rings. The van der Waals surface area contributed by atoms with Crippen molar-refractivity contribution in [3.05, 3.63) is 34.9 Å². The number of nitrogens with zero attached hydrogens (tertiary/aromatic N) is 1. The van der Waals surface area contributed by atoms with Gasteiger partial charge in [0.05, 0.1) is 11.5 Å². The van der Waals surface area contributed by atoms with Gasteiger partial charge in [0.25, 0.3) is 5.91 Å². The van der Waals surface area contributed by atoms with Gasteiger partial charge in [-0.15, -0.1) is 0 Å². The van der Waals surface area contributed by atoms with Crippen molar-refractivity contribution in [3.63, 3.8) is 0 Å². The number of ether oxygens (including phenoxy) is 1. The summed E-state index contributed by atoms with van der Waals surface area (Å²) < 4.78 is 5.35. The molecule has 1 saturated carbocycles. The molecule has 1 aromatic carbocycles. The Morgan fingerprint density at radius 1 is 1.31 bits per heavy atom. The molecule has 6 heteroatoms. The van der Waals surface area contributed by atoms with Gasteiger partial charge in [0.15, 0.2) is 6.61 Å². The summed E-state index contributed by atoms with van der Waals surface area (Å²) in [5.74, 6) is -0.932. The first-order valence-electron chi connectivity index (χ1n) is 8.89. The van der Waals surface area contributed by atoms with E-state index in [1.54, 1.807) is 19.1 Å². The Bertz CT molecular complexity index is 703. The Kier molecular flexibility index (Phi) is 6.30. The average molecular weight is 377 g/mol.